The lowest BCUT2D eigenvalue weighted by molar-refractivity contribution is -0.173. The van der Waals surface area contributed by atoms with Crippen molar-refractivity contribution in [2.24, 2.45) is 0 Å². The molecule has 154 valence electrons. The number of pyridine rings is 2. The summed E-state index contributed by atoms with van der Waals surface area (Å²) in [5.41, 5.74) is 1.12. The molecule has 2 fully saturated rings. The lowest BCUT2D eigenvalue weighted by Gasteiger charge is -2.42. The normalized spacial score (nSPS) is 24.6. The number of morpholine rings is 1. The van der Waals surface area contributed by atoms with Crippen molar-refractivity contribution in [3.05, 3.63) is 84.3 Å². The van der Waals surface area contributed by atoms with Gasteiger partial charge in [0.25, 0.3) is 5.91 Å². The summed E-state index contributed by atoms with van der Waals surface area (Å²) in [6.07, 6.45) is 8.83. The second-order valence-corrected chi connectivity index (χ2v) is 7.91. The molecule has 0 bridgehead atoms. The van der Waals surface area contributed by atoms with Crippen LogP contribution in [0.2, 0.25) is 0 Å². The Morgan fingerprint density at radius 2 is 1.93 bits per heavy atom. The highest BCUT2D eigenvalue weighted by Crippen LogP contribution is 2.42. The monoisotopic (exact) mass is 404 g/mol. The Labute approximate surface area is 175 Å². The second kappa shape index (κ2) is 8.01. The van der Waals surface area contributed by atoms with Crippen molar-refractivity contribution in [2.45, 2.75) is 24.6 Å². The molecule has 2 saturated heterocycles. The summed E-state index contributed by atoms with van der Waals surface area (Å²) in [6, 6.07) is 11.7. The summed E-state index contributed by atoms with van der Waals surface area (Å²) in [5, 5.41) is 0. The van der Waals surface area contributed by atoms with E-state index in [2.05, 4.69) is 14.9 Å². The summed E-state index contributed by atoms with van der Waals surface area (Å²) >= 11 is 0. The van der Waals surface area contributed by atoms with E-state index in [4.69, 9.17) is 9.15 Å². The first-order valence-corrected chi connectivity index (χ1v) is 10.2. The first kappa shape index (κ1) is 19.0. The number of carbonyl (C=O) groups excluding carboxylic acids is 1. The summed E-state index contributed by atoms with van der Waals surface area (Å²) in [4.78, 5) is 26.4. The van der Waals surface area contributed by atoms with Gasteiger partial charge in [0.15, 0.2) is 5.60 Å². The van der Waals surface area contributed by atoms with Gasteiger partial charge in [-0.05, 0) is 35.4 Å². The molecule has 0 radical (unpaired) electrons. The molecule has 1 amide bonds. The van der Waals surface area contributed by atoms with Crippen molar-refractivity contribution in [1.82, 2.24) is 19.8 Å². The van der Waals surface area contributed by atoms with Crippen LogP contribution in [0.4, 0.5) is 0 Å². The standard InChI is InChI=1S/C23H24N4O3/c28-22-23(30-11-9-27(22)14-18-4-1-7-24-12-18)17-26(15-20-6-3-10-29-20)16-21(23)19-5-2-8-25-13-19/h1-8,10,12-13,21H,9,11,14-17H2/t21-,23-/m1/s1. The van der Waals surface area contributed by atoms with Gasteiger partial charge in [-0.3, -0.25) is 19.7 Å². The van der Waals surface area contributed by atoms with Crippen molar-refractivity contribution in [3.63, 3.8) is 0 Å². The van der Waals surface area contributed by atoms with E-state index in [0.717, 1.165) is 16.9 Å². The third-order valence-corrected chi connectivity index (χ3v) is 5.97. The fraction of sp³-hybridized carbons (Fsp3) is 0.348. The van der Waals surface area contributed by atoms with E-state index in [1.54, 1.807) is 18.7 Å². The fourth-order valence-electron chi connectivity index (χ4n) is 4.61. The first-order chi connectivity index (χ1) is 14.7. The topological polar surface area (TPSA) is 71.7 Å². The van der Waals surface area contributed by atoms with Gasteiger partial charge in [-0.2, -0.15) is 0 Å². The molecule has 3 aromatic heterocycles. The number of likely N-dealkylation sites (tertiary alicyclic amines) is 1. The van der Waals surface area contributed by atoms with Crippen molar-refractivity contribution in [1.29, 1.82) is 0 Å². The van der Waals surface area contributed by atoms with Gasteiger partial charge in [0.1, 0.15) is 5.76 Å². The summed E-state index contributed by atoms with van der Waals surface area (Å²) in [6.45, 7) is 3.50. The second-order valence-electron chi connectivity index (χ2n) is 7.91. The Bertz CT molecular complexity index is 980. The van der Waals surface area contributed by atoms with E-state index in [1.807, 2.05) is 53.7 Å². The fourth-order valence-corrected chi connectivity index (χ4v) is 4.61. The average molecular weight is 404 g/mol. The van der Waals surface area contributed by atoms with Gasteiger partial charge in [-0.1, -0.05) is 12.1 Å². The number of carbonyl (C=O) groups is 1. The zero-order chi connectivity index (χ0) is 20.4. The van der Waals surface area contributed by atoms with E-state index in [1.165, 1.54) is 0 Å². The van der Waals surface area contributed by atoms with Gasteiger partial charge in [0.2, 0.25) is 0 Å². The molecule has 0 N–H and O–H groups in total. The minimum atomic E-state index is -0.921. The van der Waals surface area contributed by atoms with Gasteiger partial charge in [-0.15, -0.1) is 0 Å². The molecule has 3 aromatic rings. The van der Waals surface area contributed by atoms with Crippen LogP contribution in [0.3, 0.4) is 0 Å². The third kappa shape index (κ3) is 3.51. The highest BCUT2D eigenvalue weighted by molar-refractivity contribution is 5.88. The molecule has 7 heteroatoms. The van der Waals surface area contributed by atoms with E-state index in [9.17, 15) is 4.79 Å². The Balaban J connectivity index is 1.45. The molecule has 0 aromatic carbocycles. The number of hydrogen-bond donors (Lipinski definition) is 0. The molecule has 7 nitrogen and oxygen atoms in total. The van der Waals surface area contributed by atoms with Gasteiger partial charge in [0, 0.05) is 56.9 Å². The van der Waals surface area contributed by atoms with Crippen LogP contribution in [0.1, 0.15) is 22.8 Å². The lowest BCUT2D eigenvalue weighted by atomic mass is 9.83. The molecule has 2 aliphatic heterocycles. The van der Waals surface area contributed by atoms with Crippen LogP contribution in [-0.2, 0) is 22.6 Å². The number of furan rings is 1. The van der Waals surface area contributed by atoms with Crippen LogP contribution in [-0.4, -0.2) is 57.5 Å². The Morgan fingerprint density at radius 1 is 1.07 bits per heavy atom. The Hall–Kier alpha value is -3.03. The number of nitrogens with zero attached hydrogens (tertiary/aromatic N) is 4. The van der Waals surface area contributed by atoms with Crippen LogP contribution < -0.4 is 0 Å². The zero-order valence-corrected chi connectivity index (χ0v) is 16.7. The van der Waals surface area contributed by atoms with Crippen molar-refractivity contribution < 1.29 is 13.9 Å². The maximum absolute atomic E-state index is 13.8. The molecule has 5 rings (SSSR count). The average Bonchev–Trinajstić information content (AvgIpc) is 3.42. The number of rotatable bonds is 5. The quantitative estimate of drug-likeness (QED) is 0.651. The molecule has 5 heterocycles. The molecular weight excluding hydrogens is 380 g/mol. The van der Waals surface area contributed by atoms with Crippen molar-refractivity contribution in [3.8, 4) is 0 Å². The van der Waals surface area contributed by atoms with Crippen LogP contribution >= 0.6 is 0 Å². The zero-order valence-electron chi connectivity index (χ0n) is 16.7. The molecule has 2 atom stereocenters. The minimum Gasteiger partial charge on any atom is -0.468 e. The lowest BCUT2D eigenvalue weighted by Crippen LogP contribution is -2.59. The molecule has 0 unspecified atom stereocenters. The smallest absolute Gasteiger partial charge is 0.257 e. The number of aromatic nitrogens is 2. The molecular formula is C23H24N4O3. The first-order valence-electron chi connectivity index (χ1n) is 10.2. The molecule has 30 heavy (non-hydrogen) atoms. The predicted molar refractivity (Wildman–Crippen MR) is 109 cm³/mol. The number of amides is 1. The van der Waals surface area contributed by atoms with E-state index in [-0.39, 0.29) is 11.8 Å². The summed E-state index contributed by atoms with van der Waals surface area (Å²) in [7, 11) is 0. The molecule has 2 aliphatic rings. The highest BCUT2D eigenvalue weighted by atomic mass is 16.5. The molecule has 1 spiro atoms. The molecule has 0 saturated carbocycles. The van der Waals surface area contributed by atoms with Crippen LogP contribution in [0.25, 0.3) is 0 Å². The largest absolute Gasteiger partial charge is 0.468 e. The predicted octanol–water partition coefficient (Wildman–Crippen LogP) is 2.47. The van der Waals surface area contributed by atoms with E-state index in [0.29, 0.717) is 39.3 Å². The van der Waals surface area contributed by atoms with Gasteiger partial charge < -0.3 is 14.1 Å². The van der Waals surface area contributed by atoms with Crippen LogP contribution in [0.15, 0.2) is 71.9 Å². The van der Waals surface area contributed by atoms with Crippen molar-refractivity contribution >= 4 is 5.91 Å². The van der Waals surface area contributed by atoms with E-state index >= 15 is 0 Å². The maximum Gasteiger partial charge on any atom is 0.257 e. The van der Waals surface area contributed by atoms with E-state index < -0.39 is 5.60 Å². The maximum atomic E-state index is 13.8. The Kier molecular flexibility index (Phi) is 5.06. The number of hydrogen-bond acceptors (Lipinski definition) is 6. The minimum absolute atomic E-state index is 0.0356. The van der Waals surface area contributed by atoms with Crippen LogP contribution in [0.5, 0.6) is 0 Å². The van der Waals surface area contributed by atoms with Gasteiger partial charge >= 0.3 is 0 Å². The van der Waals surface area contributed by atoms with Gasteiger partial charge in [-0.25, -0.2) is 0 Å². The summed E-state index contributed by atoms with van der Waals surface area (Å²) < 4.78 is 11.9. The Morgan fingerprint density at radius 3 is 2.67 bits per heavy atom. The molecule has 0 aliphatic carbocycles. The number of ether oxygens (including phenoxy) is 1. The van der Waals surface area contributed by atoms with Crippen molar-refractivity contribution in [2.75, 3.05) is 26.2 Å². The highest BCUT2D eigenvalue weighted by Gasteiger charge is 2.57. The SMILES string of the molecule is O=C1N(Cc2cccnc2)CCO[C@@]12CN(Cc1ccco1)C[C@@H]2c1cccnc1. The third-order valence-electron chi connectivity index (χ3n) is 5.97. The van der Waals surface area contributed by atoms with Crippen LogP contribution in [0, 0.1) is 0 Å². The summed E-state index contributed by atoms with van der Waals surface area (Å²) in [5.74, 6) is 0.825. The van der Waals surface area contributed by atoms with Gasteiger partial charge in [0.05, 0.1) is 19.4 Å².